The van der Waals surface area contributed by atoms with Crippen LogP contribution in [0, 0.1) is 0 Å². The molecule has 2 aliphatic heterocycles. The first-order chi connectivity index (χ1) is 16.5. The van der Waals surface area contributed by atoms with Gasteiger partial charge in [0, 0.05) is 49.7 Å². The lowest BCUT2D eigenvalue weighted by atomic mass is 9.98. The monoisotopic (exact) mass is 464 g/mol. The van der Waals surface area contributed by atoms with E-state index in [1.165, 1.54) is 11.3 Å². The zero-order valence-electron chi connectivity index (χ0n) is 21.0. The first-order valence-corrected chi connectivity index (χ1v) is 12.9. The first-order valence-electron chi connectivity index (χ1n) is 12.9. The van der Waals surface area contributed by atoms with E-state index in [1.54, 1.807) is 6.20 Å². The highest BCUT2D eigenvalue weighted by molar-refractivity contribution is 5.76. The molecule has 2 unspecified atom stereocenters. The fourth-order valence-electron chi connectivity index (χ4n) is 5.49. The Kier molecular flexibility index (Phi) is 8.57. The van der Waals surface area contributed by atoms with Crippen molar-refractivity contribution in [3.63, 3.8) is 0 Å². The molecular weight excluding hydrogens is 424 g/mol. The first kappa shape index (κ1) is 24.7. The molecule has 3 heterocycles. The molecule has 0 bridgehead atoms. The van der Waals surface area contributed by atoms with Crippen LogP contribution in [-0.2, 0) is 9.53 Å². The summed E-state index contributed by atoms with van der Waals surface area (Å²) >= 11 is 0. The fraction of sp³-hybridized carbons (Fsp3) is 0.571. The Hall–Kier alpha value is -2.44. The van der Waals surface area contributed by atoms with E-state index in [2.05, 4.69) is 71.3 Å². The number of hydrogen-bond donors (Lipinski definition) is 1. The summed E-state index contributed by atoms with van der Waals surface area (Å²) in [7, 11) is 2.18. The van der Waals surface area contributed by atoms with Crippen molar-refractivity contribution in [2.24, 2.45) is 0 Å². The van der Waals surface area contributed by atoms with Crippen LogP contribution in [0.4, 0.5) is 5.69 Å². The number of rotatable bonds is 9. The van der Waals surface area contributed by atoms with Crippen molar-refractivity contribution in [1.29, 1.82) is 0 Å². The Labute approximate surface area is 204 Å². The topological polar surface area (TPSA) is 57.7 Å². The maximum absolute atomic E-state index is 12.5. The number of nitrogens with zero attached hydrogens (tertiary/aromatic N) is 3. The van der Waals surface area contributed by atoms with Crippen LogP contribution < -0.4 is 10.2 Å². The molecule has 184 valence electrons. The number of hydrogen-bond acceptors (Lipinski definition) is 5. The maximum atomic E-state index is 12.5. The third kappa shape index (κ3) is 6.57. The van der Waals surface area contributed by atoms with Crippen LogP contribution in [0.2, 0.25) is 0 Å². The lowest BCUT2D eigenvalue weighted by Crippen LogP contribution is -2.43. The number of anilines is 1. The molecule has 1 amide bonds. The van der Waals surface area contributed by atoms with E-state index in [0.29, 0.717) is 37.3 Å². The molecule has 6 nitrogen and oxygen atoms in total. The highest BCUT2D eigenvalue weighted by Crippen LogP contribution is 2.28. The second-order valence-corrected chi connectivity index (χ2v) is 10.0. The number of carbonyl (C=O) groups is 1. The highest BCUT2D eigenvalue weighted by atomic mass is 16.5. The Morgan fingerprint density at radius 3 is 2.62 bits per heavy atom. The molecule has 4 atom stereocenters. The lowest BCUT2D eigenvalue weighted by Gasteiger charge is -2.37. The molecule has 1 aromatic carbocycles. The predicted molar refractivity (Wildman–Crippen MR) is 138 cm³/mol. The van der Waals surface area contributed by atoms with Crippen LogP contribution in [0.25, 0.3) is 11.1 Å². The number of ether oxygens (including phenoxy) is 1. The summed E-state index contributed by atoms with van der Waals surface area (Å²) in [4.78, 5) is 21.6. The van der Waals surface area contributed by atoms with E-state index in [-0.39, 0.29) is 5.91 Å². The molecule has 6 heteroatoms. The van der Waals surface area contributed by atoms with Crippen LogP contribution in [-0.4, -0.2) is 66.8 Å². The molecule has 2 fully saturated rings. The Balaban J connectivity index is 1.20. The van der Waals surface area contributed by atoms with Gasteiger partial charge in [0.15, 0.2) is 0 Å². The van der Waals surface area contributed by atoms with Gasteiger partial charge in [0.1, 0.15) is 0 Å². The zero-order chi connectivity index (χ0) is 23.9. The number of amides is 1. The normalized spacial score (nSPS) is 25.0. The summed E-state index contributed by atoms with van der Waals surface area (Å²) in [5.74, 6) is 0.167. The third-order valence-corrected chi connectivity index (χ3v) is 7.32. The van der Waals surface area contributed by atoms with Gasteiger partial charge in [-0.25, -0.2) is 0 Å². The van der Waals surface area contributed by atoms with Crippen LogP contribution in [0.1, 0.15) is 52.4 Å². The van der Waals surface area contributed by atoms with Crippen LogP contribution in [0.5, 0.6) is 0 Å². The number of carbonyl (C=O) groups excluding carboxylic acids is 1. The summed E-state index contributed by atoms with van der Waals surface area (Å²) in [6.45, 7) is 7.03. The van der Waals surface area contributed by atoms with Crippen molar-refractivity contribution in [2.45, 2.75) is 76.7 Å². The lowest BCUT2D eigenvalue weighted by molar-refractivity contribution is -0.121. The fourth-order valence-corrected chi connectivity index (χ4v) is 5.49. The number of nitrogens with one attached hydrogen (secondary N) is 1. The summed E-state index contributed by atoms with van der Waals surface area (Å²) in [6, 6.07) is 13.7. The van der Waals surface area contributed by atoms with Crippen molar-refractivity contribution in [2.75, 3.05) is 31.6 Å². The Morgan fingerprint density at radius 2 is 1.91 bits per heavy atom. The van der Waals surface area contributed by atoms with E-state index < -0.39 is 0 Å². The average molecular weight is 465 g/mol. The molecule has 0 saturated carbocycles. The van der Waals surface area contributed by atoms with Gasteiger partial charge in [0.2, 0.25) is 5.91 Å². The van der Waals surface area contributed by atoms with Crippen LogP contribution >= 0.6 is 0 Å². The molecule has 2 aromatic rings. The van der Waals surface area contributed by atoms with E-state index in [1.807, 2.05) is 12.3 Å². The third-order valence-electron chi connectivity index (χ3n) is 7.32. The SMILES string of the molecule is C[C@@H]1CC(N(C)CCCC(=O)NCC2CCCN2c2ccc(-c3cccnc3)cc2)C[C@H](C)O1. The molecule has 2 saturated heterocycles. The van der Waals surface area contributed by atoms with E-state index >= 15 is 0 Å². The summed E-state index contributed by atoms with van der Waals surface area (Å²) in [5.41, 5.74) is 3.53. The summed E-state index contributed by atoms with van der Waals surface area (Å²) in [6.07, 6.45) is 10.3. The molecule has 0 spiro atoms. The molecule has 2 aliphatic rings. The smallest absolute Gasteiger partial charge is 0.220 e. The van der Waals surface area contributed by atoms with E-state index in [4.69, 9.17) is 4.74 Å². The van der Waals surface area contributed by atoms with Gasteiger partial charge in [-0.05, 0) is 88.9 Å². The number of pyridine rings is 1. The van der Waals surface area contributed by atoms with Gasteiger partial charge in [-0.15, -0.1) is 0 Å². The molecule has 1 aromatic heterocycles. The van der Waals surface area contributed by atoms with Crippen molar-refractivity contribution in [3.05, 3.63) is 48.8 Å². The van der Waals surface area contributed by atoms with Crippen LogP contribution in [0.15, 0.2) is 48.8 Å². The quantitative estimate of drug-likeness (QED) is 0.592. The van der Waals surface area contributed by atoms with Gasteiger partial charge in [0.05, 0.1) is 12.2 Å². The summed E-state index contributed by atoms with van der Waals surface area (Å²) < 4.78 is 5.86. The van der Waals surface area contributed by atoms with Crippen molar-refractivity contribution in [1.82, 2.24) is 15.2 Å². The molecule has 34 heavy (non-hydrogen) atoms. The maximum Gasteiger partial charge on any atom is 0.220 e. The molecule has 4 rings (SSSR count). The Morgan fingerprint density at radius 1 is 1.15 bits per heavy atom. The van der Waals surface area contributed by atoms with Gasteiger partial charge in [0.25, 0.3) is 0 Å². The summed E-state index contributed by atoms with van der Waals surface area (Å²) in [5, 5.41) is 3.20. The minimum absolute atomic E-state index is 0.167. The largest absolute Gasteiger partial charge is 0.375 e. The second-order valence-electron chi connectivity index (χ2n) is 10.0. The molecule has 1 N–H and O–H groups in total. The van der Waals surface area contributed by atoms with Gasteiger partial charge in [-0.3, -0.25) is 9.78 Å². The van der Waals surface area contributed by atoms with Crippen molar-refractivity contribution >= 4 is 11.6 Å². The predicted octanol–water partition coefficient (Wildman–Crippen LogP) is 4.50. The van der Waals surface area contributed by atoms with Crippen LogP contribution in [0.3, 0.4) is 0 Å². The minimum atomic E-state index is 0.167. The van der Waals surface area contributed by atoms with Gasteiger partial charge in [-0.1, -0.05) is 18.2 Å². The van der Waals surface area contributed by atoms with Crippen molar-refractivity contribution < 1.29 is 9.53 Å². The van der Waals surface area contributed by atoms with Gasteiger partial charge in [-0.2, -0.15) is 0 Å². The van der Waals surface area contributed by atoms with Crippen molar-refractivity contribution in [3.8, 4) is 11.1 Å². The minimum Gasteiger partial charge on any atom is -0.375 e. The molecular formula is C28H40N4O2. The van der Waals surface area contributed by atoms with E-state index in [0.717, 1.165) is 50.8 Å². The molecule has 0 radical (unpaired) electrons. The highest BCUT2D eigenvalue weighted by Gasteiger charge is 2.27. The number of aromatic nitrogens is 1. The average Bonchev–Trinajstić information content (AvgIpc) is 3.31. The zero-order valence-corrected chi connectivity index (χ0v) is 21.0. The van der Waals surface area contributed by atoms with E-state index in [9.17, 15) is 4.79 Å². The van der Waals surface area contributed by atoms with Gasteiger partial charge >= 0.3 is 0 Å². The molecule has 0 aliphatic carbocycles. The number of benzene rings is 1. The second kappa shape index (κ2) is 11.8. The standard InChI is InChI=1S/C28H40N4O2/c1-21-17-27(18-22(2)34-21)31(3)15-6-9-28(33)30-20-26-8-5-16-32(26)25-12-10-23(11-13-25)24-7-4-14-29-19-24/h4,7,10-14,19,21-22,26-27H,5-6,8-9,15-18,20H2,1-3H3,(H,30,33)/t21-,22+,26?,27?. The Bertz CT molecular complexity index is 894. The van der Waals surface area contributed by atoms with Gasteiger partial charge < -0.3 is 19.9 Å².